The molecule has 2 saturated heterocycles. The first-order valence-corrected chi connectivity index (χ1v) is 8.60. The van der Waals surface area contributed by atoms with E-state index in [9.17, 15) is 0 Å². The van der Waals surface area contributed by atoms with Crippen molar-refractivity contribution in [3.8, 4) is 0 Å². The van der Waals surface area contributed by atoms with E-state index in [1.165, 1.54) is 48.2 Å². The van der Waals surface area contributed by atoms with Gasteiger partial charge in [0.25, 0.3) is 0 Å². The fourth-order valence-corrected chi connectivity index (χ4v) is 4.75. The molecule has 2 aliphatic heterocycles. The summed E-state index contributed by atoms with van der Waals surface area (Å²) in [4.78, 5) is 6.87. The Morgan fingerprint density at radius 2 is 2.28 bits per heavy atom. The second kappa shape index (κ2) is 5.61. The highest BCUT2D eigenvalue weighted by atomic mass is 79.9. The molecular formula is C14H21BrN2S. The quantitative estimate of drug-likeness (QED) is 0.818. The predicted octanol–water partition coefficient (Wildman–Crippen LogP) is 3.57. The summed E-state index contributed by atoms with van der Waals surface area (Å²) in [6.45, 7) is 7.36. The zero-order valence-electron chi connectivity index (χ0n) is 10.9. The van der Waals surface area contributed by atoms with Crippen LogP contribution in [0.5, 0.6) is 0 Å². The van der Waals surface area contributed by atoms with Gasteiger partial charge in [0.05, 0.1) is 0 Å². The zero-order chi connectivity index (χ0) is 12.5. The molecule has 0 radical (unpaired) electrons. The highest BCUT2D eigenvalue weighted by molar-refractivity contribution is 9.10. The summed E-state index contributed by atoms with van der Waals surface area (Å²) in [7, 11) is 0. The summed E-state index contributed by atoms with van der Waals surface area (Å²) in [5.41, 5.74) is 0. The summed E-state index contributed by atoms with van der Waals surface area (Å²) in [5, 5.41) is 2.19. The highest BCUT2D eigenvalue weighted by Crippen LogP contribution is 2.27. The summed E-state index contributed by atoms with van der Waals surface area (Å²) in [5.74, 6) is 0. The van der Waals surface area contributed by atoms with E-state index < -0.39 is 0 Å². The Balaban J connectivity index is 1.65. The van der Waals surface area contributed by atoms with E-state index in [1.807, 2.05) is 11.3 Å². The van der Waals surface area contributed by atoms with Crippen LogP contribution in [0.2, 0.25) is 0 Å². The SMILES string of the molecule is CC1CN2CCCCC2CN1Cc1cc(Br)cs1. The molecule has 1 aromatic rings. The third-order valence-corrected chi connectivity index (χ3v) is 5.98. The van der Waals surface area contributed by atoms with E-state index in [1.54, 1.807) is 0 Å². The van der Waals surface area contributed by atoms with Gasteiger partial charge >= 0.3 is 0 Å². The van der Waals surface area contributed by atoms with E-state index in [4.69, 9.17) is 0 Å². The lowest BCUT2D eigenvalue weighted by molar-refractivity contribution is 0.0116. The van der Waals surface area contributed by atoms with Crippen molar-refractivity contribution in [2.24, 2.45) is 0 Å². The third kappa shape index (κ3) is 2.82. The van der Waals surface area contributed by atoms with Crippen LogP contribution in [0.1, 0.15) is 31.1 Å². The fraction of sp³-hybridized carbons (Fsp3) is 0.714. The van der Waals surface area contributed by atoms with Crippen LogP contribution in [0.15, 0.2) is 15.9 Å². The maximum atomic E-state index is 3.55. The Kier molecular flexibility index (Phi) is 4.09. The molecule has 1 aromatic heterocycles. The second-order valence-electron chi connectivity index (χ2n) is 5.65. The van der Waals surface area contributed by atoms with Crippen LogP contribution in [0.25, 0.3) is 0 Å². The van der Waals surface area contributed by atoms with Gasteiger partial charge in [-0.2, -0.15) is 0 Å². The predicted molar refractivity (Wildman–Crippen MR) is 81.1 cm³/mol. The second-order valence-corrected chi connectivity index (χ2v) is 7.57. The van der Waals surface area contributed by atoms with Crippen molar-refractivity contribution in [1.82, 2.24) is 9.80 Å². The van der Waals surface area contributed by atoms with Crippen LogP contribution in [-0.2, 0) is 6.54 Å². The molecule has 4 heteroatoms. The van der Waals surface area contributed by atoms with Crippen molar-refractivity contribution in [3.05, 3.63) is 20.8 Å². The molecule has 2 aliphatic rings. The van der Waals surface area contributed by atoms with E-state index in [0.717, 1.165) is 12.6 Å². The maximum absolute atomic E-state index is 3.55. The van der Waals surface area contributed by atoms with Crippen LogP contribution in [-0.4, -0.2) is 41.5 Å². The molecule has 3 heterocycles. The van der Waals surface area contributed by atoms with Crippen LogP contribution in [0, 0.1) is 0 Å². The monoisotopic (exact) mass is 328 g/mol. The van der Waals surface area contributed by atoms with Crippen molar-refractivity contribution in [1.29, 1.82) is 0 Å². The first-order valence-electron chi connectivity index (χ1n) is 6.93. The number of piperidine rings is 1. The molecule has 0 aliphatic carbocycles. The number of halogens is 1. The van der Waals surface area contributed by atoms with Crippen molar-refractivity contribution >= 4 is 27.3 Å². The van der Waals surface area contributed by atoms with Crippen molar-refractivity contribution in [2.75, 3.05) is 19.6 Å². The lowest BCUT2D eigenvalue weighted by atomic mass is 9.97. The molecule has 0 aromatic carbocycles. The van der Waals surface area contributed by atoms with Gasteiger partial charge in [0.2, 0.25) is 0 Å². The lowest BCUT2D eigenvalue weighted by Crippen LogP contribution is -2.58. The number of hydrogen-bond donors (Lipinski definition) is 0. The summed E-state index contributed by atoms with van der Waals surface area (Å²) in [6, 6.07) is 3.78. The van der Waals surface area contributed by atoms with Gasteiger partial charge in [0.1, 0.15) is 0 Å². The van der Waals surface area contributed by atoms with Gasteiger partial charge in [-0.1, -0.05) is 6.42 Å². The topological polar surface area (TPSA) is 6.48 Å². The molecule has 0 spiro atoms. The van der Waals surface area contributed by atoms with Crippen molar-refractivity contribution < 1.29 is 0 Å². The number of fused-ring (bicyclic) bond motifs is 1. The number of thiophene rings is 1. The molecule has 0 bridgehead atoms. The Bertz CT molecular complexity index is 406. The minimum Gasteiger partial charge on any atom is -0.298 e. The molecule has 100 valence electrons. The number of hydrogen-bond acceptors (Lipinski definition) is 3. The Labute approximate surface area is 122 Å². The number of rotatable bonds is 2. The first kappa shape index (κ1) is 13.1. The number of nitrogens with zero attached hydrogens (tertiary/aromatic N) is 2. The molecule has 0 amide bonds. The van der Waals surface area contributed by atoms with Crippen molar-refractivity contribution in [2.45, 2.75) is 44.8 Å². The Morgan fingerprint density at radius 3 is 3.06 bits per heavy atom. The van der Waals surface area contributed by atoms with E-state index in [2.05, 4.69) is 44.1 Å². The average Bonchev–Trinajstić information content (AvgIpc) is 2.76. The highest BCUT2D eigenvalue weighted by Gasteiger charge is 2.32. The van der Waals surface area contributed by atoms with Gasteiger partial charge in [0.15, 0.2) is 0 Å². The zero-order valence-corrected chi connectivity index (χ0v) is 13.3. The first-order chi connectivity index (χ1) is 8.72. The standard InChI is InChI=1S/C14H21BrN2S/c1-11-7-16-5-3-2-4-13(16)8-17(11)9-14-6-12(15)10-18-14/h6,10-11,13H,2-5,7-9H2,1H3. The minimum absolute atomic E-state index is 0.695. The van der Waals surface area contributed by atoms with Crippen LogP contribution < -0.4 is 0 Å². The fourth-order valence-electron chi connectivity index (χ4n) is 3.27. The molecule has 2 atom stereocenters. The van der Waals surface area contributed by atoms with E-state index in [-0.39, 0.29) is 0 Å². The van der Waals surface area contributed by atoms with Crippen LogP contribution in [0.4, 0.5) is 0 Å². The largest absolute Gasteiger partial charge is 0.298 e. The average molecular weight is 329 g/mol. The van der Waals surface area contributed by atoms with Gasteiger partial charge in [-0.05, 0) is 48.3 Å². The summed E-state index contributed by atoms with van der Waals surface area (Å²) >= 11 is 5.42. The lowest BCUT2D eigenvalue weighted by Gasteiger charge is -2.47. The molecule has 0 saturated carbocycles. The van der Waals surface area contributed by atoms with Gasteiger partial charge in [0, 0.05) is 46.4 Å². The molecule has 2 fully saturated rings. The van der Waals surface area contributed by atoms with Gasteiger partial charge in [-0.3, -0.25) is 9.80 Å². The molecule has 2 nitrogen and oxygen atoms in total. The summed E-state index contributed by atoms with van der Waals surface area (Å²) < 4.78 is 1.23. The molecular weight excluding hydrogens is 308 g/mol. The van der Waals surface area contributed by atoms with E-state index in [0.29, 0.717) is 6.04 Å². The van der Waals surface area contributed by atoms with Gasteiger partial charge in [-0.25, -0.2) is 0 Å². The molecule has 18 heavy (non-hydrogen) atoms. The number of piperazine rings is 1. The molecule has 2 unspecified atom stereocenters. The van der Waals surface area contributed by atoms with Gasteiger partial charge in [-0.15, -0.1) is 11.3 Å². The normalized spacial score (nSPS) is 30.3. The third-order valence-electron chi connectivity index (χ3n) is 4.30. The van der Waals surface area contributed by atoms with Gasteiger partial charge < -0.3 is 0 Å². The van der Waals surface area contributed by atoms with E-state index >= 15 is 0 Å². The van der Waals surface area contributed by atoms with Crippen LogP contribution in [0.3, 0.4) is 0 Å². The smallest absolute Gasteiger partial charge is 0.0332 e. The molecule has 0 N–H and O–H groups in total. The maximum Gasteiger partial charge on any atom is 0.0332 e. The Hall–Kier alpha value is 0.1000. The van der Waals surface area contributed by atoms with Crippen molar-refractivity contribution in [3.63, 3.8) is 0 Å². The minimum atomic E-state index is 0.695. The summed E-state index contributed by atoms with van der Waals surface area (Å²) in [6.07, 6.45) is 4.23. The van der Waals surface area contributed by atoms with Crippen LogP contribution >= 0.6 is 27.3 Å². The molecule has 3 rings (SSSR count). The Morgan fingerprint density at radius 1 is 1.39 bits per heavy atom.